The molecule has 0 saturated carbocycles. The van der Waals surface area contributed by atoms with Crippen molar-refractivity contribution in [3.05, 3.63) is 33.9 Å². The maximum Gasteiger partial charge on any atom is 0.186 e. The molecule has 0 aliphatic carbocycles. The van der Waals surface area contributed by atoms with Crippen molar-refractivity contribution in [3.63, 3.8) is 0 Å². The number of nitrogens with one attached hydrogen (secondary N) is 1. The molecule has 0 amide bonds. The van der Waals surface area contributed by atoms with Gasteiger partial charge in [-0.3, -0.25) is 5.10 Å². The number of methoxy groups -OCH3 is 1. The lowest BCUT2D eigenvalue weighted by Crippen LogP contribution is -2.00. The monoisotopic (exact) mass is 311 g/mol. The number of H-pyrrole nitrogens is 1. The highest BCUT2D eigenvalue weighted by molar-refractivity contribution is 6.35. The van der Waals surface area contributed by atoms with Gasteiger partial charge in [-0.1, -0.05) is 23.2 Å². The van der Waals surface area contributed by atoms with Gasteiger partial charge in [0, 0.05) is 12.1 Å². The summed E-state index contributed by atoms with van der Waals surface area (Å²) in [5, 5.41) is 13.1. The fraction of sp³-hybridized carbons (Fsp3) is 0.167. The summed E-state index contributed by atoms with van der Waals surface area (Å²) < 4.78 is 6.75. The molecule has 0 spiro atoms. The number of nitrogens with two attached hydrogens (primary N) is 1. The Morgan fingerprint density at radius 3 is 2.90 bits per heavy atom. The second kappa shape index (κ2) is 4.97. The van der Waals surface area contributed by atoms with Gasteiger partial charge in [0.25, 0.3) is 0 Å². The number of rotatable bonds is 3. The fourth-order valence-corrected chi connectivity index (χ4v) is 2.55. The van der Waals surface area contributed by atoms with Crippen LogP contribution in [0.5, 0.6) is 0 Å². The predicted molar refractivity (Wildman–Crippen MR) is 78.4 cm³/mol. The van der Waals surface area contributed by atoms with Crippen LogP contribution in [0.4, 0.5) is 5.82 Å². The van der Waals surface area contributed by atoms with Gasteiger partial charge >= 0.3 is 0 Å². The van der Waals surface area contributed by atoms with Crippen LogP contribution in [-0.2, 0) is 11.3 Å². The Kier molecular flexibility index (Phi) is 3.29. The molecule has 3 N–H and O–H groups in total. The number of aromatic amines is 1. The number of fused-ring (bicyclic) bond motifs is 1. The first-order valence-corrected chi connectivity index (χ1v) is 6.53. The topological polar surface area (TPSA) is 81.8 Å². The Morgan fingerprint density at radius 1 is 1.40 bits per heavy atom. The lowest BCUT2D eigenvalue weighted by atomic mass is 10.3. The maximum atomic E-state index is 6.21. The summed E-state index contributed by atoms with van der Waals surface area (Å²) in [6.45, 7) is 0.332. The van der Waals surface area contributed by atoms with Gasteiger partial charge in [-0.2, -0.15) is 10.2 Å². The Bertz CT molecular complexity index is 780. The van der Waals surface area contributed by atoms with Crippen LogP contribution < -0.4 is 5.73 Å². The van der Waals surface area contributed by atoms with Crippen molar-refractivity contribution < 1.29 is 4.74 Å². The van der Waals surface area contributed by atoms with Crippen molar-refractivity contribution in [2.75, 3.05) is 12.8 Å². The van der Waals surface area contributed by atoms with Gasteiger partial charge in [0.1, 0.15) is 11.5 Å². The first kappa shape index (κ1) is 13.2. The van der Waals surface area contributed by atoms with Gasteiger partial charge in [0.2, 0.25) is 0 Å². The number of hydrogen-bond acceptors (Lipinski definition) is 4. The van der Waals surface area contributed by atoms with E-state index in [4.69, 9.17) is 33.7 Å². The molecule has 6 nitrogen and oxygen atoms in total. The van der Waals surface area contributed by atoms with Gasteiger partial charge < -0.3 is 10.5 Å². The summed E-state index contributed by atoms with van der Waals surface area (Å²) in [5.41, 5.74) is 7.85. The van der Waals surface area contributed by atoms with E-state index < -0.39 is 0 Å². The van der Waals surface area contributed by atoms with Gasteiger partial charge in [0.05, 0.1) is 22.7 Å². The third-order valence-corrected chi connectivity index (χ3v) is 3.44. The number of ether oxygens (including phenoxy) is 1. The standard InChI is InChI=1S/C12H11Cl2N5O/c1-20-5-8-10-11(15)16-17-12(10)19(18-8)9-3-2-6(13)4-7(9)14/h2-4H,5H2,1H3,(H3,15,16,17). The Labute approximate surface area is 124 Å². The molecule has 1 aromatic carbocycles. The molecule has 0 radical (unpaired) electrons. The zero-order valence-electron chi connectivity index (χ0n) is 10.5. The highest BCUT2D eigenvalue weighted by atomic mass is 35.5. The van der Waals surface area contributed by atoms with Crippen molar-refractivity contribution in [1.29, 1.82) is 0 Å². The molecule has 3 rings (SSSR count). The van der Waals surface area contributed by atoms with E-state index in [1.165, 1.54) is 0 Å². The van der Waals surface area contributed by atoms with Crippen LogP contribution in [0.15, 0.2) is 18.2 Å². The highest BCUT2D eigenvalue weighted by Gasteiger charge is 2.18. The molecule has 0 unspecified atom stereocenters. The van der Waals surface area contributed by atoms with Crippen LogP contribution in [0.25, 0.3) is 16.7 Å². The van der Waals surface area contributed by atoms with Gasteiger partial charge in [-0.25, -0.2) is 4.68 Å². The second-order valence-corrected chi connectivity index (χ2v) is 5.07. The van der Waals surface area contributed by atoms with Gasteiger partial charge in [-0.05, 0) is 18.2 Å². The summed E-state index contributed by atoms with van der Waals surface area (Å²) in [6, 6.07) is 5.17. The number of halogens is 2. The van der Waals surface area contributed by atoms with Crippen molar-refractivity contribution in [2.24, 2.45) is 0 Å². The Hall–Kier alpha value is -1.76. The van der Waals surface area contributed by atoms with Crippen molar-refractivity contribution in [2.45, 2.75) is 6.61 Å². The third-order valence-electron chi connectivity index (χ3n) is 2.90. The SMILES string of the molecule is COCc1nn(-c2ccc(Cl)cc2Cl)c2n[nH]c(N)c12. The molecule has 0 atom stereocenters. The number of benzene rings is 1. The third kappa shape index (κ3) is 2.02. The highest BCUT2D eigenvalue weighted by Crippen LogP contribution is 2.29. The first-order chi connectivity index (χ1) is 9.61. The Morgan fingerprint density at radius 2 is 2.20 bits per heavy atom. The second-order valence-electron chi connectivity index (χ2n) is 4.22. The molecule has 20 heavy (non-hydrogen) atoms. The molecule has 0 bridgehead atoms. The van der Waals surface area contributed by atoms with E-state index in [1.54, 1.807) is 30.0 Å². The number of anilines is 1. The minimum Gasteiger partial charge on any atom is -0.383 e. The molecule has 104 valence electrons. The Balaban J connectivity index is 2.25. The molecule has 0 aliphatic heterocycles. The molecule has 2 aromatic heterocycles. The van der Waals surface area contributed by atoms with E-state index in [0.29, 0.717) is 39.5 Å². The van der Waals surface area contributed by atoms with E-state index in [1.807, 2.05) is 0 Å². The van der Waals surface area contributed by atoms with Crippen LogP contribution in [-0.4, -0.2) is 27.1 Å². The summed E-state index contributed by atoms with van der Waals surface area (Å²) in [5.74, 6) is 0.448. The number of aromatic nitrogens is 4. The number of hydrogen-bond donors (Lipinski definition) is 2. The van der Waals surface area contributed by atoms with E-state index in [-0.39, 0.29) is 0 Å². The minimum atomic E-state index is 0.332. The van der Waals surface area contributed by atoms with Crippen molar-refractivity contribution >= 4 is 40.1 Å². The summed E-state index contributed by atoms with van der Waals surface area (Å²) in [4.78, 5) is 0. The number of nitrogen functional groups attached to an aromatic ring is 1. The maximum absolute atomic E-state index is 6.21. The van der Waals surface area contributed by atoms with Crippen LogP contribution in [0.1, 0.15) is 5.69 Å². The van der Waals surface area contributed by atoms with Gasteiger partial charge in [0.15, 0.2) is 5.65 Å². The van der Waals surface area contributed by atoms with Crippen molar-refractivity contribution in [3.8, 4) is 5.69 Å². The molecular formula is C12H11Cl2N5O. The van der Waals surface area contributed by atoms with E-state index in [9.17, 15) is 0 Å². The molecular weight excluding hydrogens is 301 g/mol. The lowest BCUT2D eigenvalue weighted by Gasteiger charge is -2.04. The van der Waals surface area contributed by atoms with Crippen LogP contribution in [0.2, 0.25) is 10.0 Å². The number of nitrogens with zero attached hydrogens (tertiary/aromatic N) is 3. The molecule has 3 aromatic rings. The summed E-state index contributed by atoms with van der Waals surface area (Å²) in [7, 11) is 1.59. The van der Waals surface area contributed by atoms with Crippen LogP contribution >= 0.6 is 23.2 Å². The summed E-state index contributed by atoms with van der Waals surface area (Å²) >= 11 is 12.1. The summed E-state index contributed by atoms with van der Waals surface area (Å²) in [6.07, 6.45) is 0. The zero-order valence-corrected chi connectivity index (χ0v) is 12.0. The predicted octanol–water partition coefficient (Wildman–Crippen LogP) is 2.78. The molecule has 0 aliphatic rings. The zero-order chi connectivity index (χ0) is 14.3. The van der Waals surface area contributed by atoms with Crippen LogP contribution in [0.3, 0.4) is 0 Å². The molecule has 8 heteroatoms. The average molecular weight is 312 g/mol. The van der Waals surface area contributed by atoms with E-state index >= 15 is 0 Å². The lowest BCUT2D eigenvalue weighted by molar-refractivity contribution is 0.182. The van der Waals surface area contributed by atoms with Crippen LogP contribution in [0, 0.1) is 0 Å². The van der Waals surface area contributed by atoms with E-state index in [2.05, 4.69) is 15.3 Å². The van der Waals surface area contributed by atoms with E-state index in [0.717, 1.165) is 5.39 Å². The normalized spacial score (nSPS) is 11.3. The largest absolute Gasteiger partial charge is 0.383 e. The minimum absolute atomic E-state index is 0.332. The molecule has 0 saturated heterocycles. The van der Waals surface area contributed by atoms with Crippen molar-refractivity contribution in [1.82, 2.24) is 20.0 Å². The quantitative estimate of drug-likeness (QED) is 0.779. The smallest absolute Gasteiger partial charge is 0.186 e. The average Bonchev–Trinajstić information content (AvgIpc) is 2.93. The molecule has 0 fully saturated rings. The fourth-order valence-electron chi connectivity index (χ4n) is 2.06. The van der Waals surface area contributed by atoms with Gasteiger partial charge in [-0.15, -0.1) is 0 Å². The molecule has 2 heterocycles. The first-order valence-electron chi connectivity index (χ1n) is 5.77.